The van der Waals surface area contributed by atoms with Crippen LogP contribution < -0.4 is 19.1 Å². The molecular weight excluding hydrogens is 494 g/mol. The van der Waals surface area contributed by atoms with Crippen molar-refractivity contribution in [3.05, 3.63) is 53.6 Å². The van der Waals surface area contributed by atoms with E-state index in [0.29, 0.717) is 23.6 Å². The van der Waals surface area contributed by atoms with Gasteiger partial charge in [-0.1, -0.05) is 31.2 Å². The van der Waals surface area contributed by atoms with Gasteiger partial charge in [-0.25, -0.2) is 8.42 Å². The van der Waals surface area contributed by atoms with Gasteiger partial charge in [0.15, 0.2) is 11.5 Å². The Kier molecular flexibility index (Phi) is 8.73. The molecule has 1 heterocycles. The third-order valence-electron chi connectivity index (χ3n) is 6.11. The Morgan fingerprint density at radius 3 is 2.35 bits per heavy atom. The summed E-state index contributed by atoms with van der Waals surface area (Å²) in [5, 5.41) is 2.97. The lowest BCUT2D eigenvalue weighted by atomic mass is 10.0. The van der Waals surface area contributed by atoms with Gasteiger partial charge < -0.3 is 19.7 Å². The maximum atomic E-state index is 13.9. The molecule has 1 aliphatic heterocycles. The molecule has 1 atom stereocenters. The van der Waals surface area contributed by atoms with Gasteiger partial charge in [-0.15, -0.1) is 0 Å². The normalized spacial score (nSPS) is 13.7. The second kappa shape index (κ2) is 11.4. The average molecular weight is 532 g/mol. The standard InChI is InChI=1S/C27H37N3O6S/c1-7-22(26(32)28-27(4,5)6)29(16-20-12-10-9-11-19(20)3)25(31)17-30(37(33,34)8-2)21-13-14-23-24(15-21)36-18-35-23/h9-15,22H,7-8,16-18H2,1-6H3,(H,28,32)/t22-/m1/s1. The molecule has 1 N–H and O–H groups in total. The molecule has 2 aromatic carbocycles. The highest BCUT2D eigenvalue weighted by atomic mass is 32.2. The van der Waals surface area contributed by atoms with Gasteiger partial charge in [-0.05, 0) is 64.3 Å². The smallest absolute Gasteiger partial charge is 0.244 e. The summed E-state index contributed by atoms with van der Waals surface area (Å²) >= 11 is 0. The average Bonchev–Trinajstić information content (AvgIpc) is 3.30. The van der Waals surface area contributed by atoms with Crippen LogP contribution in [0, 0.1) is 6.92 Å². The molecule has 10 heteroatoms. The van der Waals surface area contributed by atoms with E-state index in [0.717, 1.165) is 15.4 Å². The second-order valence-corrected chi connectivity index (χ2v) is 12.2. The molecule has 0 unspecified atom stereocenters. The molecule has 0 aliphatic carbocycles. The van der Waals surface area contributed by atoms with Crippen molar-refractivity contribution in [2.45, 2.75) is 66.1 Å². The number of fused-ring (bicyclic) bond motifs is 1. The Hall–Kier alpha value is -3.27. The minimum absolute atomic E-state index is 0.0452. The van der Waals surface area contributed by atoms with Crippen molar-refractivity contribution >= 4 is 27.5 Å². The van der Waals surface area contributed by atoms with E-state index in [1.807, 2.05) is 58.9 Å². The number of nitrogens with zero attached hydrogens (tertiary/aromatic N) is 2. The SMILES string of the molecule is CC[C@H](C(=O)NC(C)(C)C)N(Cc1ccccc1C)C(=O)CN(c1ccc2c(c1)OCO2)S(=O)(=O)CC. The van der Waals surface area contributed by atoms with E-state index < -0.39 is 34.1 Å². The van der Waals surface area contributed by atoms with Gasteiger partial charge in [0.25, 0.3) is 0 Å². The number of rotatable bonds is 10. The van der Waals surface area contributed by atoms with Crippen LogP contribution in [0.3, 0.4) is 0 Å². The molecule has 0 radical (unpaired) electrons. The molecule has 37 heavy (non-hydrogen) atoms. The van der Waals surface area contributed by atoms with Crippen LogP contribution in [0.2, 0.25) is 0 Å². The Balaban J connectivity index is 2.00. The highest BCUT2D eigenvalue weighted by molar-refractivity contribution is 7.92. The van der Waals surface area contributed by atoms with E-state index in [4.69, 9.17) is 9.47 Å². The van der Waals surface area contributed by atoms with E-state index in [2.05, 4.69) is 5.32 Å². The van der Waals surface area contributed by atoms with Crippen LogP contribution >= 0.6 is 0 Å². The first-order valence-electron chi connectivity index (χ1n) is 12.4. The fourth-order valence-electron chi connectivity index (χ4n) is 4.10. The van der Waals surface area contributed by atoms with Crippen molar-refractivity contribution in [1.82, 2.24) is 10.2 Å². The fraction of sp³-hybridized carbons (Fsp3) is 0.481. The highest BCUT2D eigenvalue weighted by Gasteiger charge is 2.34. The van der Waals surface area contributed by atoms with Crippen LogP contribution in [0.15, 0.2) is 42.5 Å². The molecule has 2 amide bonds. The molecular formula is C27H37N3O6S. The van der Waals surface area contributed by atoms with E-state index in [1.165, 1.54) is 11.8 Å². The van der Waals surface area contributed by atoms with Crippen LogP contribution in [0.5, 0.6) is 11.5 Å². The summed E-state index contributed by atoms with van der Waals surface area (Å²) < 4.78 is 38.1. The van der Waals surface area contributed by atoms with E-state index in [1.54, 1.807) is 18.2 Å². The third kappa shape index (κ3) is 6.94. The van der Waals surface area contributed by atoms with Crippen molar-refractivity contribution in [1.29, 1.82) is 0 Å². The summed E-state index contributed by atoms with van der Waals surface area (Å²) in [5.74, 6) is -0.0448. The fourth-order valence-corrected chi connectivity index (χ4v) is 5.16. The molecule has 0 aromatic heterocycles. The maximum absolute atomic E-state index is 13.9. The largest absolute Gasteiger partial charge is 0.454 e. The number of carbonyl (C=O) groups is 2. The van der Waals surface area contributed by atoms with Crippen LogP contribution in [0.1, 0.15) is 52.2 Å². The molecule has 0 saturated heterocycles. The second-order valence-electron chi connectivity index (χ2n) is 10.1. The first-order chi connectivity index (χ1) is 17.4. The van der Waals surface area contributed by atoms with Crippen LogP contribution in [-0.2, 0) is 26.2 Å². The first-order valence-corrected chi connectivity index (χ1v) is 14.0. The van der Waals surface area contributed by atoms with E-state index in [-0.39, 0.29) is 25.0 Å². The van der Waals surface area contributed by atoms with Crippen LogP contribution in [0.25, 0.3) is 0 Å². The number of amides is 2. The number of nitrogens with one attached hydrogen (secondary N) is 1. The number of sulfonamides is 1. The summed E-state index contributed by atoms with van der Waals surface area (Å²) in [6.45, 7) is 10.7. The summed E-state index contributed by atoms with van der Waals surface area (Å²) in [6, 6.07) is 11.6. The Morgan fingerprint density at radius 1 is 1.05 bits per heavy atom. The quantitative estimate of drug-likeness (QED) is 0.502. The molecule has 2 aromatic rings. The molecule has 0 spiro atoms. The Bertz CT molecular complexity index is 1240. The topological polar surface area (TPSA) is 105 Å². The number of anilines is 1. The van der Waals surface area contributed by atoms with Crippen molar-refractivity contribution in [3.63, 3.8) is 0 Å². The lowest BCUT2D eigenvalue weighted by Gasteiger charge is -2.35. The molecule has 9 nitrogen and oxygen atoms in total. The lowest BCUT2D eigenvalue weighted by Crippen LogP contribution is -2.55. The molecule has 202 valence electrons. The number of benzene rings is 2. The summed E-state index contributed by atoms with van der Waals surface area (Å²) in [7, 11) is -3.83. The number of carbonyl (C=O) groups excluding carboxylic acids is 2. The number of hydrogen-bond acceptors (Lipinski definition) is 6. The van der Waals surface area contributed by atoms with Gasteiger partial charge >= 0.3 is 0 Å². The summed E-state index contributed by atoms with van der Waals surface area (Å²) in [4.78, 5) is 28.7. The predicted octanol–water partition coefficient (Wildman–Crippen LogP) is 3.60. The zero-order chi connectivity index (χ0) is 27.4. The third-order valence-corrected chi connectivity index (χ3v) is 7.85. The Morgan fingerprint density at radius 2 is 1.73 bits per heavy atom. The van der Waals surface area contributed by atoms with Gasteiger partial charge in [0.1, 0.15) is 12.6 Å². The van der Waals surface area contributed by atoms with Crippen molar-refractivity contribution in [2.75, 3.05) is 23.4 Å². The van der Waals surface area contributed by atoms with E-state index >= 15 is 0 Å². The molecule has 0 bridgehead atoms. The van der Waals surface area contributed by atoms with Gasteiger partial charge in [-0.2, -0.15) is 0 Å². The monoisotopic (exact) mass is 531 g/mol. The van der Waals surface area contributed by atoms with Crippen LogP contribution in [0.4, 0.5) is 5.69 Å². The van der Waals surface area contributed by atoms with Gasteiger partial charge in [0.05, 0.1) is 11.4 Å². The summed E-state index contributed by atoms with van der Waals surface area (Å²) in [6.07, 6.45) is 0.365. The number of aryl methyl sites for hydroxylation is 1. The van der Waals surface area contributed by atoms with Gasteiger partial charge in [-0.3, -0.25) is 13.9 Å². The Labute approximate surface area is 219 Å². The minimum Gasteiger partial charge on any atom is -0.454 e. The first kappa shape index (κ1) is 28.3. The van der Waals surface area contributed by atoms with Crippen molar-refractivity contribution in [3.8, 4) is 11.5 Å². The number of ether oxygens (including phenoxy) is 2. The zero-order valence-electron chi connectivity index (χ0n) is 22.4. The predicted molar refractivity (Wildman–Crippen MR) is 143 cm³/mol. The highest BCUT2D eigenvalue weighted by Crippen LogP contribution is 2.36. The van der Waals surface area contributed by atoms with E-state index in [9.17, 15) is 18.0 Å². The maximum Gasteiger partial charge on any atom is 0.244 e. The van der Waals surface area contributed by atoms with Crippen LogP contribution in [-0.4, -0.2) is 55.8 Å². The number of hydrogen-bond donors (Lipinski definition) is 1. The van der Waals surface area contributed by atoms with Gasteiger partial charge in [0, 0.05) is 18.2 Å². The van der Waals surface area contributed by atoms with Gasteiger partial charge in [0.2, 0.25) is 28.6 Å². The zero-order valence-corrected chi connectivity index (χ0v) is 23.2. The van der Waals surface area contributed by atoms with Crippen molar-refractivity contribution < 1.29 is 27.5 Å². The summed E-state index contributed by atoms with van der Waals surface area (Å²) in [5.41, 5.74) is 1.65. The van der Waals surface area contributed by atoms with Crippen molar-refractivity contribution in [2.24, 2.45) is 0 Å². The lowest BCUT2D eigenvalue weighted by molar-refractivity contribution is -0.141. The molecule has 0 fully saturated rings. The molecule has 3 rings (SSSR count). The molecule has 0 saturated carbocycles. The minimum atomic E-state index is -3.83. The molecule has 1 aliphatic rings.